The molecule has 0 amide bonds. The second-order valence-corrected chi connectivity index (χ2v) is 9.95. The van der Waals surface area contributed by atoms with E-state index in [0.717, 1.165) is 24.0 Å². The Morgan fingerprint density at radius 1 is 1.10 bits per heavy atom. The number of aliphatic hydroxyl groups excluding tert-OH is 1. The summed E-state index contributed by atoms with van der Waals surface area (Å²) in [7, 11) is 0. The smallest absolute Gasteiger partial charge is 0.115 e. The molecule has 2 fully saturated rings. The Labute approximate surface area is 172 Å². The lowest BCUT2D eigenvalue weighted by atomic mass is 9.50. The Bertz CT molecular complexity index is 897. The molecule has 0 aliphatic heterocycles. The van der Waals surface area contributed by atoms with Crippen LogP contribution in [-0.2, 0) is 6.42 Å². The van der Waals surface area contributed by atoms with E-state index in [0.29, 0.717) is 18.8 Å². The van der Waals surface area contributed by atoms with Crippen LogP contribution < -0.4 is 0 Å². The van der Waals surface area contributed by atoms with Gasteiger partial charge in [0.1, 0.15) is 11.9 Å². The Balaban J connectivity index is 1.70. The zero-order valence-corrected chi connectivity index (χ0v) is 17.3. The zero-order chi connectivity index (χ0) is 20.3. The second-order valence-electron chi connectivity index (χ2n) is 9.95. The van der Waals surface area contributed by atoms with Gasteiger partial charge in [0.2, 0.25) is 0 Å². The quantitative estimate of drug-likeness (QED) is 0.697. The molecule has 154 valence electrons. The van der Waals surface area contributed by atoms with E-state index < -0.39 is 6.17 Å². The molecule has 0 bridgehead atoms. The highest BCUT2D eigenvalue weighted by atomic mass is 19.1. The number of rotatable bonds is 2. The number of phenols is 1. The maximum absolute atomic E-state index is 15.9. The maximum atomic E-state index is 15.9. The highest BCUT2D eigenvalue weighted by Gasteiger charge is 2.62. The van der Waals surface area contributed by atoms with Crippen molar-refractivity contribution in [1.29, 1.82) is 0 Å². The lowest BCUT2D eigenvalue weighted by molar-refractivity contribution is -0.0276. The van der Waals surface area contributed by atoms with E-state index in [1.54, 1.807) is 6.07 Å². The summed E-state index contributed by atoms with van der Waals surface area (Å²) >= 11 is 0. The van der Waals surface area contributed by atoms with Gasteiger partial charge in [-0.25, -0.2) is 4.39 Å². The molecule has 3 aliphatic carbocycles. The number of alkyl halides is 1. The number of benzene rings is 2. The second kappa shape index (κ2) is 6.84. The topological polar surface area (TPSA) is 40.5 Å². The van der Waals surface area contributed by atoms with Crippen LogP contribution in [0.5, 0.6) is 5.75 Å². The summed E-state index contributed by atoms with van der Waals surface area (Å²) in [5.41, 5.74) is 3.26. The minimum Gasteiger partial charge on any atom is -0.508 e. The molecular weight excluding hydrogens is 363 g/mol. The van der Waals surface area contributed by atoms with Crippen LogP contribution in [0.15, 0.2) is 48.5 Å². The zero-order valence-electron chi connectivity index (χ0n) is 17.3. The lowest BCUT2D eigenvalue weighted by Crippen LogP contribution is -2.50. The van der Waals surface area contributed by atoms with Gasteiger partial charge in [-0.05, 0) is 77.2 Å². The molecule has 0 saturated heterocycles. The number of halogens is 1. The Kier molecular flexibility index (Phi) is 4.51. The number of hydrogen-bond acceptors (Lipinski definition) is 2. The Morgan fingerprint density at radius 2 is 1.86 bits per heavy atom. The fraction of sp³-hybridized carbons (Fsp3) is 0.538. The van der Waals surface area contributed by atoms with Crippen LogP contribution in [0.4, 0.5) is 4.39 Å². The first-order chi connectivity index (χ1) is 13.9. The Morgan fingerprint density at radius 3 is 2.59 bits per heavy atom. The van der Waals surface area contributed by atoms with Crippen molar-refractivity contribution in [3.8, 4) is 5.75 Å². The standard InChI is InChI=1S/C26H31FO2/c1-3-18-22(29)14-26(2)13-21(27)23-19-10-9-17(28)11-16(19)12-20(24(23)25(18)26)15-7-5-4-6-8-15/h4-11,18,20-25,28-29H,3,12-14H2,1-2H3/t18-,20-,21-,22+,23-,24+,25-,26+/m0/s1. The highest BCUT2D eigenvalue weighted by molar-refractivity contribution is 5.44. The van der Waals surface area contributed by atoms with Crippen LogP contribution in [0.3, 0.4) is 0 Å². The van der Waals surface area contributed by atoms with Crippen molar-refractivity contribution in [2.24, 2.45) is 23.2 Å². The van der Waals surface area contributed by atoms with Gasteiger partial charge in [0.25, 0.3) is 0 Å². The molecule has 0 spiro atoms. The largest absolute Gasteiger partial charge is 0.508 e. The van der Waals surface area contributed by atoms with E-state index >= 15 is 4.39 Å². The number of aliphatic hydroxyl groups is 1. The van der Waals surface area contributed by atoms with E-state index in [4.69, 9.17) is 0 Å². The summed E-state index contributed by atoms with van der Waals surface area (Å²) in [5, 5.41) is 21.0. The van der Waals surface area contributed by atoms with Crippen LogP contribution in [0, 0.1) is 23.2 Å². The van der Waals surface area contributed by atoms with Crippen molar-refractivity contribution in [3.63, 3.8) is 0 Å². The Hall–Kier alpha value is -1.87. The van der Waals surface area contributed by atoms with Crippen molar-refractivity contribution in [3.05, 3.63) is 65.2 Å². The normalized spacial score (nSPS) is 40.8. The van der Waals surface area contributed by atoms with Gasteiger partial charge in [-0.15, -0.1) is 0 Å². The predicted molar refractivity (Wildman–Crippen MR) is 113 cm³/mol. The van der Waals surface area contributed by atoms with Gasteiger partial charge in [0, 0.05) is 5.92 Å². The third-order valence-electron chi connectivity index (χ3n) is 8.41. The first kappa shape index (κ1) is 19.1. The molecular formula is C26H31FO2. The van der Waals surface area contributed by atoms with Gasteiger partial charge in [-0.2, -0.15) is 0 Å². The summed E-state index contributed by atoms with van der Waals surface area (Å²) < 4.78 is 15.9. The molecule has 0 unspecified atom stereocenters. The fourth-order valence-electron chi connectivity index (χ4n) is 7.46. The molecule has 0 heterocycles. The summed E-state index contributed by atoms with van der Waals surface area (Å²) in [5.74, 6) is 1.01. The van der Waals surface area contributed by atoms with Crippen molar-refractivity contribution in [2.75, 3.05) is 0 Å². The highest BCUT2D eigenvalue weighted by Crippen LogP contribution is 2.66. The van der Waals surface area contributed by atoms with Gasteiger partial charge in [-0.3, -0.25) is 0 Å². The molecule has 2 nitrogen and oxygen atoms in total. The van der Waals surface area contributed by atoms with Crippen LogP contribution in [0.2, 0.25) is 0 Å². The third-order valence-corrected chi connectivity index (χ3v) is 8.41. The van der Waals surface area contributed by atoms with E-state index in [1.807, 2.05) is 18.2 Å². The van der Waals surface area contributed by atoms with Crippen LogP contribution in [-0.4, -0.2) is 22.5 Å². The van der Waals surface area contributed by atoms with E-state index in [-0.39, 0.29) is 40.9 Å². The minimum atomic E-state index is -0.918. The van der Waals surface area contributed by atoms with Gasteiger partial charge in [0.05, 0.1) is 6.10 Å². The molecule has 0 aromatic heterocycles. The minimum absolute atomic E-state index is 0.151. The van der Waals surface area contributed by atoms with Crippen molar-refractivity contribution in [1.82, 2.24) is 0 Å². The number of fused-ring (bicyclic) bond motifs is 5. The predicted octanol–water partition coefficient (Wildman–Crippen LogP) is 5.59. The molecule has 2 saturated carbocycles. The number of phenolic OH excluding ortho intramolecular Hbond substituents is 1. The van der Waals surface area contributed by atoms with E-state index in [2.05, 4.69) is 38.1 Å². The summed E-state index contributed by atoms with van der Waals surface area (Å²) in [6.45, 7) is 4.39. The molecule has 2 aromatic carbocycles. The summed E-state index contributed by atoms with van der Waals surface area (Å²) in [6, 6.07) is 16.0. The van der Waals surface area contributed by atoms with Crippen LogP contribution in [0.25, 0.3) is 0 Å². The summed E-state index contributed by atoms with van der Waals surface area (Å²) in [4.78, 5) is 0. The first-order valence-corrected chi connectivity index (χ1v) is 11.1. The monoisotopic (exact) mass is 394 g/mol. The number of aromatic hydroxyl groups is 1. The first-order valence-electron chi connectivity index (χ1n) is 11.1. The average Bonchev–Trinajstić information content (AvgIpc) is 2.96. The van der Waals surface area contributed by atoms with Crippen molar-refractivity contribution < 1.29 is 14.6 Å². The number of hydrogen-bond donors (Lipinski definition) is 2. The van der Waals surface area contributed by atoms with E-state index in [1.165, 1.54) is 5.56 Å². The van der Waals surface area contributed by atoms with Crippen LogP contribution >= 0.6 is 0 Å². The molecule has 3 heteroatoms. The SMILES string of the molecule is CC[C@@H]1[C@H]2[C@H]3[C@@H](c4ccc(O)cc4C[C@H]3c3ccccc3)[C@@H](F)C[C@]2(C)C[C@H]1O. The average molecular weight is 395 g/mol. The van der Waals surface area contributed by atoms with Gasteiger partial charge in [-0.1, -0.05) is 56.7 Å². The lowest BCUT2D eigenvalue weighted by Gasteiger charge is -2.55. The molecule has 0 radical (unpaired) electrons. The summed E-state index contributed by atoms with van der Waals surface area (Å²) in [6.07, 6.45) is 1.74. The van der Waals surface area contributed by atoms with Crippen molar-refractivity contribution >= 4 is 0 Å². The van der Waals surface area contributed by atoms with Crippen LogP contribution in [0.1, 0.15) is 61.6 Å². The van der Waals surface area contributed by atoms with Gasteiger partial charge in [0.15, 0.2) is 0 Å². The van der Waals surface area contributed by atoms with Gasteiger partial charge < -0.3 is 10.2 Å². The molecule has 8 atom stereocenters. The van der Waals surface area contributed by atoms with E-state index in [9.17, 15) is 10.2 Å². The maximum Gasteiger partial charge on any atom is 0.115 e. The fourth-order valence-corrected chi connectivity index (χ4v) is 7.46. The molecule has 3 aliphatic rings. The van der Waals surface area contributed by atoms with Gasteiger partial charge >= 0.3 is 0 Å². The molecule has 2 aromatic rings. The molecule has 29 heavy (non-hydrogen) atoms. The molecule has 5 rings (SSSR count). The third kappa shape index (κ3) is 2.84. The van der Waals surface area contributed by atoms with Crippen molar-refractivity contribution in [2.45, 2.75) is 63.6 Å². The molecule has 2 N–H and O–H groups in total.